The lowest BCUT2D eigenvalue weighted by Crippen LogP contribution is -2.44. The predicted octanol–water partition coefficient (Wildman–Crippen LogP) is 1.91. The summed E-state index contributed by atoms with van der Waals surface area (Å²) in [5.74, 6) is 1.18. The Morgan fingerprint density at radius 2 is 2.04 bits per heavy atom. The van der Waals surface area contributed by atoms with Crippen molar-refractivity contribution in [3.8, 4) is 0 Å². The monoisotopic (exact) mass is 348 g/mol. The largest absolute Gasteiger partial charge is 0.336 e. The number of nitrogens with zero attached hydrogens (tertiary/aromatic N) is 4. The fourth-order valence-electron chi connectivity index (χ4n) is 3.44. The van der Waals surface area contributed by atoms with Gasteiger partial charge in [0, 0.05) is 38.8 Å². The summed E-state index contributed by atoms with van der Waals surface area (Å²) in [7, 11) is 0. The number of hydrogen-bond donors (Lipinski definition) is 2. The Balaban J connectivity index is 1.50. The van der Waals surface area contributed by atoms with Gasteiger partial charge < -0.3 is 15.1 Å². The fraction of sp³-hybridized carbons (Fsp3) is 0.706. The van der Waals surface area contributed by atoms with E-state index in [1.807, 2.05) is 20.5 Å². The van der Waals surface area contributed by atoms with Crippen LogP contribution in [-0.2, 0) is 5.54 Å². The first-order valence-corrected chi connectivity index (χ1v) is 8.98. The zero-order valence-electron chi connectivity index (χ0n) is 15.3. The molecule has 4 amide bonds. The first-order chi connectivity index (χ1) is 11.8. The average Bonchev–Trinajstić information content (AvgIpc) is 3.17. The Labute approximate surface area is 148 Å². The minimum atomic E-state index is -0.185. The van der Waals surface area contributed by atoms with Gasteiger partial charge in [-0.2, -0.15) is 5.10 Å². The van der Waals surface area contributed by atoms with Crippen molar-refractivity contribution in [2.75, 3.05) is 38.0 Å². The summed E-state index contributed by atoms with van der Waals surface area (Å²) in [6.45, 7) is 9.90. The van der Waals surface area contributed by atoms with Gasteiger partial charge in [0.05, 0.1) is 11.7 Å². The van der Waals surface area contributed by atoms with Crippen molar-refractivity contribution in [1.29, 1.82) is 0 Å². The minimum absolute atomic E-state index is 0.0376. The third-order valence-corrected chi connectivity index (χ3v) is 4.84. The van der Waals surface area contributed by atoms with Crippen molar-refractivity contribution >= 4 is 17.9 Å². The van der Waals surface area contributed by atoms with Crippen LogP contribution in [0.15, 0.2) is 12.3 Å². The number of likely N-dealkylation sites (tertiary alicyclic amines) is 1. The summed E-state index contributed by atoms with van der Waals surface area (Å²) in [4.78, 5) is 27.9. The average molecular weight is 348 g/mol. The molecule has 0 bridgehead atoms. The Hall–Kier alpha value is -2.25. The van der Waals surface area contributed by atoms with Crippen LogP contribution in [0, 0.1) is 5.92 Å². The fourth-order valence-corrected chi connectivity index (χ4v) is 3.44. The number of hydrogen-bond acceptors (Lipinski definition) is 3. The number of carbonyl (C=O) groups excluding carboxylic acids is 2. The highest BCUT2D eigenvalue weighted by atomic mass is 16.2. The van der Waals surface area contributed by atoms with Crippen molar-refractivity contribution in [3.63, 3.8) is 0 Å². The molecule has 1 aromatic heterocycles. The maximum atomic E-state index is 12.5. The smallest absolute Gasteiger partial charge is 0.322 e. The standard InChI is InChI=1S/C17H28N6O2/c1-17(2,3)23-14(4-7-19-23)20-16(25)21-9-5-13(6-10-21)12-22-11-8-18-15(22)24/h4,7,13H,5-6,8-12H2,1-3H3,(H,18,24)(H,20,25). The van der Waals surface area contributed by atoms with Crippen LogP contribution in [0.25, 0.3) is 0 Å². The molecule has 0 unspecified atom stereocenters. The van der Waals surface area contributed by atoms with Gasteiger partial charge in [-0.25, -0.2) is 14.3 Å². The molecule has 3 heterocycles. The van der Waals surface area contributed by atoms with Gasteiger partial charge in [-0.3, -0.25) is 5.32 Å². The summed E-state index contributed by atoms with van der Waals surface area (Å²) in [5, 5.41) is 10.1. The van der Waals surface area contributed by atoms with Crippen molar-refractivity contribution in [1.82, 2.24) is 24.9 Å². The molecule has 2 N–H and O–H groups in total. The quantitative estimate of drug-likeness (QED) is 0.875. The summed E-state index contributed by atoms with van der Waals surface area (Å²) >= 11 is 0. The van der Waals surface area contributed by atoms with E-state index in [0.717, 1.165) is 45.6 Å². The minimum Gasteiger partial charge on any atom is -0.336 e. The third kappa shape index (κ3) is 4.05. The molecular weight excluding hydrogens is 320 g/mol. The molecule has 138 valence electrons. The second-order valence-electron chi connectivity index (χ2n) is 7.84. The number of rotatable bonds is 3. The topological polar surface area (TPSA) is 82.5 Å². The lowest BCUT2D eigenvalue weighted by atomic mass is 9.96. The number of urea groups is 2. The summed E-state index contributed by atoms with van der Waals surface area (Å²) in [6, 6.07) is 1.78. The summed E-state index contributed by atoms with van der Waals surface area (Å²) < 4.78 is 1.82. The van der Waals surface area contributed by atoms with Crippen LogP contribution in [0.4, 0.5) is 15.4 Å². The van der Waals surface area contributed by atoms with E-state index in [9.17, 15) is 9.59 Å². The molecule has 2 fully saturated rings. The number of nitrogens with one attached hydrogen (secondary N) is 2. The van der Waals surface area contributed by atoms with Gasteiger partial charge in [0.2, 0.25) is 0 Å². The summed E-state index contributed by atoms with van der Waals surface area (Å²) in [5.41, 5.74) is -0.185. The third-order valence-electron chi connectivity index (χ3n) is 4.84. The van der Waals surface area contributed by atoms with E-state index in [2.05, 4.69) is 36.5 Å². The molecule has 8 nitrogen and oxygen atoms in total. The summed E-state index contributed by atoms with van der Waals surface area (Å²) in [6.07, 6.45) is 3.56. The van der Waals surface area contributed by atoms with Crippen molar-refractivity contribution in [2.45, 2.75) is 39.2 Å². The second-order valence-corrected chi connectivity index (χ2v) is 7.84. The molecule has 8 heteroatoms. The zero-order chi connectivity index (χ0) is 18.0. The number of aromatic nitrogens is 2. The molecule has 2 saturated heterocycles. The van der Waals surface area contributed by atoms with Crippen molar-refractivity contribution in [2.24, 2.45) is 5.92 Å². The Morgan fingerprint density at radius 1 is 1.32 bits per heavy atom. The molecule has 2 aliphatic rings. The van der Waals surface area contributed by atoms with Crippen LogP contribution in [-0.4, -0.2) is 64.4 Å². The lowest BCUT2D eigenvalue weighted by molar-refractivity contribution is 0.163. The predicted molar refractivity (Wildman–Crippen MR) is 95.5 cm³/mol. The maximum Gasteiger partial charge on any atom is 0.322 e. The molecule has 3 rings (SSSR count). The second kappa shape index (κ2) is 6.93. The van der Waals surface area contributed by atoms with E-state index in [0.29, 0.717) is 11.7 Å². The van der Waals surface area contributed by atoms with Gasteiger partial charge in [0.15, 0.2) is 0 Å². The van der Waals surface area contributed by atoms with Crippen LogP contribution in [0.1, 0.15) is 33.6 Å². The van der Waals surface area contributed by atoms with Crippen LogP contribution < -0.4 is 10.6 Å². The van der Waals surface area contributed by atoms with Gasteiger partial charge in [0.25, 0.3) is 0 Å². The van der Waals surface area contributed by atoms with Crippen LogP contribution in [0.3, 0.4) is 0 Å². The van der Waals surface area contributed by atoms with Crippen molar-refractivity contribution < 1.29 is 9.59 Å². The van der Waals surface area contributed by atoms with Crippen LogP contribution in [0.5, 0.6) is 0 Å². The molecule has 0 radical (unpaired) electrons. The van der Waals surface area contributed by atoms with E-state index in [4.69, 9.17) is 0 Å². The highest BCUT2D eigenvalue weighted by molar-refractivity contribution is 5.88. The molecule has 0 aromatic carbocycles. The number of anilines is 1. The van der Waals surface area contributed by atoms with Gasteiger partial charge in [-0.15, -0.1) is 0 Å². The molecule has 25 heavy (non-hydrogen) atoms. The number of piperidine rings is 1. The van der Waals surface area contributed by atoms with E-state index in [1.165, 1.54) is 0 Å². The molecular formula is C17H28N6O2. The first-order valence-electron chi connectivity index (χ1n) is 8.98. The SMILES string of the molecule is CC(C)(C)n1nccc1NC(=O)N1CCC(CN2CCNC2=O)CC1. The first kappa shape index (κ1) is 17.6. The highest BCUT2D eigenvalue weighted by Gasteiger charge is 2.28. The van der Waals surface area contributed by atoms with E-state index >= 15 is 0 Å². The molecule has 1 aromatic rings. The molecule has 0 saturated carbocycles. The Bertz CT molecular complexity index is 627. The molecule has 2 aliphatic heterocycles. The highest BCUT2D eigenvalue weighted by Crippen LogP contribution is 2.22. The number of carbonyl (C=O) groups is 2. The van der Waals surface area contributed by atoms with E-state index in [1.54, 1.807) is 6.20 Å². The van der Waals surface area contributed by atoms with Gasteiger partial charge in [0.1, 0.15) is 5.82 Å². The van der Waals surface area contributed by atoms with Gasteiger partial charge >= 0.3 is 12.1 Å². The lowest BCUT2D eigenvalue weighted by Gasteiger charge is -2.33. The van der Waals surface area contributed by atoms with E-state index < -0.39 is 0 Å². The molecule has 0 spiro atoms. The van der Waals surface area contributed by atoms with Crippen LogP contribution >= 0.6 is 0 Å². The molecule has 0 aliphatic carbocycles. The number of amides is 4. The Kier molecular flexibility index (Phi) is 4.87. The maximum absolute atomic E-state index is 12.5. The Morgan fingerprint density at radius 3 is 2.64 bits per heavy atom. The normalized spacial score (nSPS) is 19.2. The van der Waals surface area contributed by atoms with Crippen LogP contribution in [0.2, 0.25) is 0 Å². The molecule has 0 atom stereocenters. The van der Waals surface area contributed by atoms with Gasteiger partial charge in [-0.1, -0.05) is 0 Å². The van der Waals surface area contributed by atoms with E-state index in [-0.39, 0.29) is 17.6 Å². The zero-order valence-corrected chi connectivity index (χ0v) is 15.3. The van der Waals surface area contributed by atoms with Crippen molar-refractivity contribution in [3.05, 3.63) is 12.3 Å². The van der Waals surface area contributed by atoms with Gasteiger partial charge in [-0.05, 0) is 39.5 Å².